The molecule has 1 aliphatic rings. The molecule has 1 aliphatic heterocycles. The van der Waals surface area contributed by atoms with Crippen LogP contribution in [0.25, 0.3) is 0 Å². The number of hydrogen-bond donors (Lipinski definition) is 1. The van der Waals surface area contributed by atoms with Gasteiger partial charge in [0.25, 0.3) is 0 Å². The van der Waals surface area contributed by atoms with Gasteiger partial charge in [0.05, 0.1) is 11.8 Å². The van der Waals surface area contributed by atoms with Crippen LogP contribution in [0, 0.1) is 0 Å². The average molecular weight is 246 g/mol. The van der Waals surface area contributed by atoms with Gasteiger partial charge in [-0.15, -0.1) is 0 Å². The van der Waals surface area contributed by atoms with E-state index in [1.165, 1.54) is 6.20 Å². The van der Waals surface area contributed by atoms with Crippen LogP contribution in [0.1, 0.15) is 18.4 Å². The van der Waals surface area contributed by atoms with Crippen molar-refractivity contribution in [3.05, 3.63) is 24.0 Å². The summed E-state index contributed by atoms with van der Waals surface area (Å²) < 4.78 is 42.5. The van der Waals surface area contributed by atoms with Crippen LogP contribution in [0.15, 0.2) is 18.5 Å². The second kappa shape index (κ2) is 4.91. The van der Waals surface area contributed by atoms with Crippen molar-refractivity contribution in [1.82, 2.24) is 10.3 Å². The molecule has 1 atom stereocenters. The Labute approximate surface area is 97.0 Å². The predicted octanol–water partition coefficient (Wildman–Crippen LogP) is 2.23. The minimum Gasteiger partial charge on any atom is -0.490 e. The fourth-order valence-corrected chi connectivity index (χ4v) is 1.75. The second-order valence-corrected chi connectivity index (χ2v) is 4.01. The molecular formula is C11H13F3N2O. The Morgan fingerprint density at radius 3 is 2.88 bits per heavy atom. The molecule has 0 amide bonds. The van der Waals surface area contributed by atoms with Crippen LogP contribution < -0.4 is 10.1 Å². The lowest BCUT2D eigenvalue weighted by atomic mass is 10.2. The molecule has 0 spiro atoms. The first-order valence-corrected chi connectivity index (χ1v) is 5.44. The first kappa shape index (κ1) is 12.2. The first-order chi connectivity index (χ1) is 8.05. The number of nitrogens with zero attached hydrogens (tertiary/aromatic N) is 1. The number of nitrogens with one attached hydrogen (secondary N) is 1. The van der Waals surface area contributed by atoms with Crippen molar-refractivity contribution in [3.63, 3.8) is 0 Å². The molecule has 1 aromatic heterocycles. The number of alkyl halides is 3. The van der Waals surface area contributed by atoms with Crippen molar-refractivity contribution in [2.24, 2.45) is 0 Å². The fraction of sp³-hybridized carbons (Fsp3) is 0.545. The van der Waals surface area contributed by atoms with E-state index in [1.807, 2.05) is 0 Å². The van der Waals surface area contributed by atoms with E-state index in [2.05, 4.69) is 10.3 Å². The van der Waals surface area contributed by atoms with E-state index in [0.717, 1.165) is 31.6 Å². The minimum absolute atomic E-state index is 0.161. The van der Waals surface area contributed by atoms with E-state index in [9.17, 15) is 13.2 Å². The Balaban J connectivity index is 1.96. The standard InChI is InChI=1S/C11H13F3N2O/c12-11(13,14)8-4-10(6-15-5-8)17-7-9-2-1-3-16-9/h4-6,9,16H,1-3,7H2. The van der Waals surface area contributed by atoms with E-state index in [-0.39, 0.29) is 11.8 Å². The van der Waals surface area contributed by atoms with Gasteiger partial charge in [-0.25, -0.2) is 0 Å². The van der Waals surface area contributed by atoms with Gasteiger partial charge in [-0.1, -0.05) is 0 Å². The summed E-state index contributed by atoms with van der Waals surface area (Å²) in [6.45, 7) is 1.32. The van der Waals surface area contributed by atoms with Gasteiger partial charge in [0.2, 0.25) is 0 Å². The van der Waals surface area contributed by atoms with Crippen molar-refractivity contribution in [1.29, 1.82) is 0 Å². The smallest absolute Gasteiger partial charge is 0.418 e. The van der Waals surface area contributed by atoms with Crippen LogP contribution in [0.3, 0.4) is 0 Å². The summed E-state index contributed by atoms with van der Waals surface area (Å²) in [4.78, 5) is 3.53. The molecule has 1 saturated heterocycles. The molecule has 0 aliphatic carbocycles. The molecule has 17 heavy (non-hydrogen) atoms. The van der Waals surface area contributed by atoms with Gasteiger partial charge in [0.15, 0.2) is 0 Å². The Hall–Kier alpha value is -1.30. The van der Waals surface area contributed by atoms with Crippen LogP contribution >= 0.6 is 0 Å². The lowest BCUT2D eigenvalue weighted by Crippen LogP contribution is -2.28. The molecule has 1 unspecified atom stereocenters. The molecule has 2 rings (SSSR count). The zero-order valence-electron chi connectivity index (χ0n) is 9.13. The van der Waals surface area contributed by atoms with E-state index < -0.39 is 11.7 Å². The first-order valence-electron chi connectivity index (χ1n) is 5.44. The predicted molar refractivity (Wildman–Crippen MR) is 55.8 cm³/mol. The molecule has 3 nitrogen and oxygen atoms in total. The summed E-state index contributed by atoms with van der Waals surface area (Å²) in [5, 5.41) is 3.20. The molecule has 0 radical (unpaired) electrons. The maximum Gasteiger partial charge on any atom is 0.418 e. The van der Waals surface area contributed by atoms with Gasteiger partial charge in [-0.05, 0) is 25.5 Å². The van der Waals surface area contributed by atoms with Crippen LogP contribution in [-0.2, 0) is 6.18 Å². The second-order valence-electron chi connectivity index (χ2n) is 4.01. The Kier molecular flexibility index (Phi) is 3.51. The SMILES string of the molecule is FC(F)(F)c1cncc(OCC2CCCN2)c1. The molecule has 6 heteroatoms. The molecule has 1 N–H and O–H groups in total. The Bertz CT molecular complexity index is 375. The Morgan fingerprint density at radius 2 is 2.24 bits per heavy atom. The van der Waals surface area contributed by atoms with Crippen LogP contribution in [-0.4, -0.2) is 24.2 Å². The third-order valence-corrected chi connectivity index (χ3v) is 2.65. The summed E-state index contributed by atoms with van der Waals surface area (Å²) in [6, 6.07) is 1.20. The topological polar surface area (TPSA) is 34.1 Å². The molecule has 0 bridgehead atoms. The highest BCUT2D eigenvalue weighted by Crippen LogP contribution is 2.30. The molecule has 1 aromatic rings. The summed E-state index contributed by atoms with van der Waals surface area (Å²) >= 11 is 0. The van der Waals surface area contributed by atoms with Crippen molar-refractivity contribution in [3.8, 4) is 5.75 Å². The summed E-state index contributed by atoms with van der Waals surface area (Å²) in [5.41, 5.74) is -0.783. The van der Waals surface area contributed by atoms with Gasteiger partial charge in [-0.2, -0.15) is 13.2 Å². The Morgan fingerprint density at radius 1 is 1.41 bits per heavy atom. The van der Waals surface area contributed by atoms with Crippen molar-refractivity contribution in [2.75, 3.05) is 13.2 Å². The number of pyridine rings is 1. The maximum atomic E-state index is 12.4. The highest BCUT2D eigenvalue weighted by molar-refractivity contribution is 5.25. The number of hydrogen-bond acceptors (Lipinski definition) is 3. The summed E-state index contributed by atoms with van der Waals surface area (Å²) in [7, 11) is 0. The summed E-state index contributed by atoms with van der Waals surface area (Å²) in [5.74, 6) is 0.161. The quantitative estimate of drug-likeness (QED) is 0.888. The average Bonchev–Trinajstić information content (AvgIpc) is 2.78. The third-order valence-electron chi connectivity index (χ3n) is 2.65. The van der Waals surface area contributed by atoms with Crippen LogP contribution in [0.5, 0.6) is 5.75 Å². The summed E-state index contributed by atoms with van der Waals surface area (Å²) in [6.07, 6.45) is -0.218. The zero-order valence-corrected chi connectivity index (χ0v) is 9.13. The minimum atomic E-state index is -4.38. The van der Waals surface area contributed by atoms with Crippen LogP contribution in [0.2, 0.25) is 0 Å². The highest BCUT2D eigenvalue weighted by atomic mass is 19.4. The lowest BCUT2D eigenvalue weighted by Gasteiger charge is -2.13. The molecule has 2 heterocycles. The van der Waals surface area contributed by atoms with Crippen LogP contribution in [0.4, 0.5) is 13.2 Å². The van der Waals surface area contributed by atoms with Gasteiger partial charge in [0.1, 0.15) is 12.4 Å². The van der Waals surface area contributed by atoms with Gasteiger partial charge in [0, 0.05) is 12.2 Å². The zero-order chi connectivity index (χ0) is 12.3. The van der Waals surface area contributed by atoms with E-state index in [0.29, 0.717) is 6.61 Å². The molecule has 94 valence electrons. The molecule has 0 saturated carbocycles. The van der Waals surface area contributed by atoms with E-state index in [4.69, 9.17) is 4.74 Å². The molecule has 0 aromatic carbocycles. The van der Waals surface area contributed by atoms with Gasteiger partial charge < -0.3 is 10.1 Å². The third kappa shape index (κ3) is 3.33. The molecule has 1 fully saturated rings. The largest absolute Gasteiger partial charge is 0.490 e. The van der Waals surface area contributed by atoms with E-state index in [1.54, 1.807) is 0 Å². The maximum absolute atomic E-state index is 12.4. The number of halogens is 3. The normalized spacial score (nSPS) is 20.5. The molecular weight excluding hydrogens is 233 g/mol. The van der Waals surface area contributed by atoms with Crippen molar-refractivity contribution < 1.29 is 17.9 Å². The number of ether oxygens (including phenoxy) is 1. The monoisotopic (exact) mass is 246 g/mol. The fourth-order valence-electron chi connectivity index (χ4n) is 1.75. The van der Waals surface area contributed by atoms with Gasteiger partial charge >= 0.3 is 6.18 Å². The number of aromatic nitrogens is 1. The highest BCUT2D eigenvalue weighted by Gasteiger charge is 2.31. The van der Waals surface area contributed by atoms with Gasteiger partial charge in [-0.3, -0.25) is 4.98 Å². The number of rotatable bonds is 3. The lowest BCUT2D eigenvalue weighted by molar-refractivity contribution is -0.137. The van der Waals surface area contributed by atoms with Crippen molar-refractivity contribution in [2.45, 2.75) is 25.1 Å². The van der Waals surface area contributed by atoms with Crippen molar-refractivity contribution >= 4 is 0 Å². The van der Waals surface area contributed by atoms with E-state index >= 15 is 0 Å².